The van der Waals surface area contributed by atoms with E-state index in [1.54, 1.807) is 52.0 Å². The van der Waals surface area contributed by atoms with Gasteiger partial charge in [0.15, 0.2) is 0 Å². The first-order chi connectivity index (χ1) is 19.3. The van der Waals surface area contributed by atoms with Gasteiger partial charge in [-0.05, 0) is 51.3 Å². The zero-order valence-corrected chi connectivity index (χ0v) is 25.7. The van der Waals surface area contributed by atoms with E-state index in [2.05, 4.69) is 20.6 Å². The fourth-order valence-corrected chi connectivity index (χ4v) is 5.66. The van der Waals surface area contributed by atoms with Crippen molar-refractivity contribution in [2.45, 2.75) is 51.3 Å². The molecule has 1 aromatic heterocycles. The van der Waals surface area contributed by atoms with Gasteiger partial charge >= 0.3 is 6.09 Å². The summed E-state index contributed by atoms with van der Waals surface area (Å²) >= 11 is 13.2. The summed E-state index contributed by atoms with van der Waals surface area (Å²) in [7, 11) is 6.50. The molecule has 1 heterocycles. The molecule has 2 amide bonds. The maximum Gasteiger partial charge on any atom is 0.407 e. The number of nitrogens with one attached hydrogen (secondary N) is 2. The van der Waals surface area contributed by atoms with Crippen LogP contribution in [0.3, 0.4) is 0 Å². The van der Waals surface area contributed by atoms with Gasteiger partial charge in [-0.15, -0.1) is 0 Å². The van der Waals surface area contributed by atoms with Crippen molar-refractivity contribution in [1.29, 1.82) is 0 Å². The molecule has 0 radical (unpaired) electrons. The fraction of sp³-hybridized carbons (Fsp3) is 0.448. The average molecular weight is 605 g/mol. The lowest BCUT2D eigenvalue weighted by Crippen LogP contribution is -2.45. The third-order valence-corrected chi connectivity index (χ3v) is 7.56. The highest BCUT2D eigenvalue weighted by atomic mass is 35.5. The molecule has 0 saturated heterocycles. The number of anilines is 1. The summed E-state index contributed by atoms with van der Waals surface area (Å²) in [5.41, 5.74) is 1.36. The third-order valence-electron chi connectivity index (χ3n) is 6.81. The molecule has 3 aromatic rings. The summed E-state index contributed by atoms with van der Waals surface area (Å²) in [6.45, 7) is 5.41. The Hall–Kier alpha value is -3.50. The molecule has 0 bridgehead atoms. The zero-order chi connectivity index (χ0) is 30.1. The molecule has 4 rings (SSSR count). The Morgan fingerprint density at radius 2 is 1.63 bits per heavy atom. The number of alkyl carbamates (subject to hydrolysis) is 1. The second-order valence-electron chi connectivity index (χ2n) is 11.2. The molecule has 2 unspecified atom stereocenters. The number of hydrogen-bond acceptors (Lipinski definition) is 8. The van der Waals surface area contributed by atoms with Crippen LogP contribution in [-0.2, 0) is 9.53 Å². The molecule has 2 N–H and O–H groups in total. The second kappa shape index (κ2) is 12.2. The Morgan fingerprint density at radius 1 is 1.00 bits per heavy atom. The third kappa shape index (κ3) is 6.87. The van der Waals surface area contributed by atoms with Gasteiger partial charge in [0.1, 0.15) is 17.1 Å². The van der Waals surface area contributed by atoms with Crippen molar-refractivity contribution < 1.29 is 23.8 Å². The lowest BCUT2D eigenvalue weighted by molar-refractivity contribution is -0.132. The Morgan fingerprint density at radius 3 is 2.22 bits per heavy atom. The molecule has 2 aromatic carbocycles. The molecule has 3 atom stereocenters. The molecule has 1 fully saturated rings. The summed E-state index contributed by atoms with van der Waals surface area (Å²) in [6.07, 6.45) is 2.13. The summed E-state index contributed by atoms with van der Waals surface area (Å²) in [6, 6.07) is 6.60. The number of fused-ring (bicyclic) bond motifs is 1. The first-order valence-electron chi connectivity index (χ1n) is 13.2. The molecular weight excluding hydrogens is 569 g/mol. The molecule has 1 aliphatic carbocycles. The minimum Gasteiger partial charge on any atom is -0.495 e. The largest absolute Gasteiger partial charge is 0.495 e. The van der Waals surface area contributed by atoms with E-state index >= 15 is 0 Å². The highest BCUT2D eigenvalue weighted by molar-refractivity contribution is 6.41. The summed E-state index contributed by atoms with van der Waals surface area (Å²) in [4.78, 5) is 36.1. The van der Waals surface area contributed by atoms with E-state index in [0.29, 0.717) is 51.4 Å². The predicted molar refractivity (Wildman–Crippen MR) is 160 cm³/mol. The van der Waals surface area contributed by atoms with Crippen molar-refractivity contribution in [3.63, 3.8) is 0 Å². The van der Waals surface area contributed by atoms with Crippen LogP contribution in [0, 0.1) is 5.92 Å². The number of carbonyl (C=O) groups excluding carboxylic acids is 2. The molecule has 10 nitrogen and oxygen atoms in total. The Labute approximate surface area is 249 Å². The Bertz CT molecular complexity index is 1430. The van der Waals surface area contributed by atoms with Gasteiger partial charge in [-0.3, -0.25) is 4.79 Å². The lowest BCUT2D eigenvalue weighted by Gasteiger charge is -2.25. The first-order valence-corrected chi connectivity index (χ1v) is 13.9. The highest BCUT2D eigenvalue weighted by Gasteiger charge is 2.40. The monoisotopic (exact) mass is 603 g/mol. The smallest absolute Gasteiger partial charge is 0.407 e. The molecular formula is C29H35Cl2N5O5. The van der Waals surface area contributed by atoms with Crippen LogP contribution in [0.15, 0.2) is 30.5 Å². The zero-order valence-electron chi connectivity index (χ0n) is 24.2. The first kappa shape index (κ1) is 30.5. The normalized spacial score (nSPS) is 18.6. The average Bonchev–Trinajstić information content (AvgIpc) is 3.28. The molecule has 0 spiro atoms. The number of methoxy groups -OCH3 is 2. The van der Waals surface area contributed by atoms with Crippen LogP contribution in [0.2, 0.25) is 10.0 Å². The van der Waals surface area contributed by atoms with Gasteiger partial charge in [-0.2, -0.15) is 0 Å². The van der Waals surface area contributed by atoms with Crippen LogP contribution in [-0.4, -0.2) is 72.9 Å². The van der Waals surface area contributed by atoms with Crippen molar-refractivity contribution in [3.05, 3.63) is 40.5 Å². The summed E-state index contributed by atoms with van der Waals surface area (Å²) in [5, 5.41) is 7.75. The molecule has 220 valence electrons. The number of ether oxygens (including phenoxy) is 3. The van der Waals surface area contributed by atoms with Crippen LogP contribution in [0.1, 0.15) is 33.6 Å². The van der Waals surface area contributed by atoms with Crippen molar-refractivity contribution >= 4 is 52.1 Å². The highest BCUT2D eigenvalue weighted by Crippen LogP contribution is 2.46. The number of amides is 2. The van der Waals surface area contributed by atoms with Crippen LogP contribution in [0.25, 0.3) is 22.0 Å². The van der Waals surface area contributed by atoms with E-state index in [0.717, 1.165) is 10.9 Å². The van der Waals surface area contributed by atoms with Crippen LogP contribution >= 0.6 is 23.2 Å². The van der Waals surface area contributed by atoms with Gasteiger partial charge in [-0.25, -0.2) is 14.8 Å². The quantitative estimate of drug-likeness (QED) is 0.348. The predicted octanol–water partition coefficient (Wildman–Crippen LogP) is 5.79. The van der Waals surface area contributed by atoms with Gasteiger partial charge in [0.05, 0.1) is 41.9 Å². The number of halogens is 2. The van der Waals surface area contributed by atoms with Crippen molar-refractivity contribution in [3.8, 4) is 22.6 Å². The van der Waals surface area contributed by atoms with Crippen LogP contribution < -0.4 is 20.1 Å². The van der Waals surface area contributed by atoms with Gasteiger partial charge in [0, 0.05) is 43.2 Å². The fourth-order valence-electron chi connectivity index (χ4n) is 4.95. The lowest BCUT2D eigenvalue weighted by atomic mass is 10.0. The van der Waals surface area contributed by atoms with Crippen LogP contribution in [0.4, 0.5) is 10.7 Å². The van der Waals surface area contributed by atoms with Crippen molar-refractivity contribution in [2.75, 3.05) is 33.6 Å². The maximum absolute atomic E-state index is 12.7. The van der Waals surface area contributed by atoms with Gasteiger partial charge in [0.25, 0.3) is 0 Å². The Balaban J connectivity index is 1.60. The molecule has 41 heavy (non-hydrogen) atoms. The van der Waals surface area contributed by atoms with Gasteiger partial charge in [-0.1, -0.05) is 29.3 Å². The van der Waals surface area contributed by atoms with E-state index in [1.807, 2.05) is 18.2 Å². The number of nitrogens with zero attached hydrogens (tertiary/aromatic N) is 3. The minimum absolute atomic E-state index is 0.00347. The van der Waals surface area contributed by atoms with E-state index in [1.165, 1.54) is 14.2 Å². The molecule has 1 saturated carbocycles. The minimum atomic E-state index is -0.644. The van der Waals surface area contributed by atoms with E-state index in [4.69, 9.17) is 37.4 Å². The second-order valence-corrected chi connectivity index (χ2v) is 11.9. The standard InChI is InChI=1S/C29H35Cl2N5O5/c1-29(2,3)41-28(38)35-20-12-16(26(37)36(4)5)11-19(20)34-27-32-14-17-10-15(8-9-18(17)33-27)23-24(30)21(39-6)13-22(40-7)25(23)31/h8-10,13-14,16,19-20H,11-12H2,1-7H3,(H,35,38)(H,32,33,34)/t16-,19?,20?/m0/s1. The SMILES string of the molecule is COc1cc(OC)c(Cl)c(-c2ccc3nc(NC4C[C@H](C(=O)N(C)C)CC4NC(=O)OC(C)(C)C)ncc3c2)c1Cl. The summed E-state index contributed by atoms with van der Waals surface area (Å²) < 4.78 is 16.3. The number of rotatable bonds is 7. The number of carbonyl (C=O) groups is 2. The topological polar surface area (TPSA) is 115 Å². The van der Waals surface area contributed by atoms with E-state index < -0.39 is 11.7 Å². The van der Waals surface area contributed by atoms with Crippen molar-refractivity contribution in [2.24, 2.45) is 5.92 Å². The molecule has 1 aliphatic rings. The maximum atomic E-state index is 12.7. The summed E-state index contributed by atoms with van der Waals surface area (Å²) in [5.74, 6) is 0.999. The van der Waals surface area contributed by atoms with E-state index in [9.17, 15) is 9.59 Å². The molecule has 0 aliphatic heterocycles. The number of aromatic nitrogens is 2. The van der Waals surface area contributed by atoms with Gasteiger partial charge in [0.2, 0.25) is 11.9 Å². The van der Waals surface area contributed by atoms with Crippen LogP contribution in [0.5, 0.6) is 11.5 Å². The number of hydrogen-bond donors (Lipinski definition) is 2. The van der Waals surface area contributed by atoms with E-state index in [-0.39, 0.29) is 23.9 Å². The Kier molecular flexibility index (Phi) is 9.03. The van der Waals surface area contributed by atoms with Crippen molar-refractivity contribution in [1.82, 2.24) is 20.2 Å². The molecule has 12 heteroatoms. The number of benzene rings is 2. The van der Waals surface area contributed by atoms with Gasteiger partial charge < -0.3 is 29.7 Å².